The predicted octanol–water partition coefficient (Wildman–Crippen LogP) is 22.7. The quantitative estimate of drug-likeness (QED) is 0.00973. The van der Waals surface area contributed by atoms with E-state index in [2.05, 4.69) is 55.4 Å². The van der Waals surface area contributed by atoms with Crippen LogP contribution in [0, 0.1) is 18.3 Å². The van der Waals surface area contributed by atoms with E-state index in [1.807, 2.05) is 54.6 Å². The Kier molecular flexibility index (Phi) is 49.6. The van der Waals surface area contributed by atoms with E-state index < -0.39 is 84.8 Å². The number of nitriles is 1. The van der Waals surface area contributed by atoms with Crippen LogP contribution in [-0.2, 0) is 47.7 Å². The SMILES string of the molecule is C.C.C.C.C.C.C.C.C.C.C=C(C(=O)OCOc1ccc(C(=O)Oc2ccc(OC(=O)c3ccc(OCOC(=O)C(=C)C(F)(F)F)cc3)c(C)c2)cc1)C(F)(F)F.C=CC(=O)OCOc1ccc(-c2ccc(C#N)cc2)cc1.C=CC(=O)OCOc1ccc(OCOc2ccc3c(c2)C(C)c2cc(OC(=O)c4ccc(OCOC(=O)C=C)cc4)ccc2-3)cc1. The van der Waals surface area contributed by atoms with Gasteiger partial charge in [0.2, 0.25) is 40.8 Å². The summed E-state index contributed by atoms with van der Waals surface area (Å²) in [5.74, 6) is -3.51. The van der Waals surface area contributed by atoms with E-state index in [4.69, 9.17) is 66.8 Å². The molecule has 9 aromatic rings. The van der Waals surface area contributed by atoms with Crippen molar-refractivity contribution >= 4 is 47.8 Å². The molecule has 0 spiro atoms. The molecule has 10 rings (SSSR count). The first-order valence-electron chi connectivity index (χ1n) is 33.2. The van der Waals surface area contributed by atoms with E-state index in [-0.39, 0.29) is 141 Å². The maximum absolute atomic E-state index is 12.8. The number of halogens is 6. The molecule has 1 aliphatic carbocycles. The molecule has 124 heavy (non-hydrogen) atoms. The van der Waals surface area contributed by atoms with Crippen molar-refractivity contribution in [2.45, 2.75) is 106 Å². The fourth-order valence-corrected chi connectivity index (χ4v) is 9.59. The van der Waals surface area contributed by atoms with E-state index >= 15 is 0 Å². The van der Waals surface area contributed by atoms with Crippen LogP contribution in [-0.4, -0.2) is 101 Å². The van der Waals surface area contributed by atoms with Crippen LogP contribution in [0.3, 0.4) is 0 Å². The van der Waals surface area contributed by atoms with Crippen molar-refractivity contribution < 1.29 is 136 Å². The summed E-state index contributed by atoms with van der Waals surface area (Å²) in [6, 6.07) is 55.9. The summed E-state index contributed by atoms with van der Waals surface area (Å²) in [5.41, 5.74) is 4.44. The minimum Gasteiger partial charge on any atom is -0.457 e. The summed E-state index contributed by atoms with van der Waals surface area (Å²) in [7, 11) is 0. The molecule has 1 aliphatic rings. The van der Waals surface area contributed by atoms with Gasteiger partial charge in [0, 0.05) is 24.1 Å². The van der Waals surface area contributed by atoms with Gasteiger partial charge in [-0.3, -0.25) is 0 Å². The van der Waals surface area contributed by atoms with E-state index in [0.717, 1.165) is 51.6 Å². The zero-order valence-electron chi connectivity index (χ0n) is 60.2. The highest BCUT2D eigenvalue weighted by Crippen LogP contribution is 2.47. The Balaban J connectivity index is -0.00000180. The molecule has 0 aromatic heterocycles. The van der Waals surface area contributed by atoms with Crippen LogP contribution in [0.5, 0.6) is 57.5 Å². The van der Waals surface area contributed by atoms with E-state index in [1.165, 1.54) is 66.7 Å². The fraction of sp³-hybridized carbons (Fsp3) is 0.223. The average Bonchev–Trinajstić information content (AvgIpc) is 1.61. The number of aryl methyl sites for hydroxylation is 1. The molecule has 30 heteroatoms. The van der Waals surface area contributed by atoms with Crippen LogP contribution >= 0.6 is 0 Å². The van der Waals surface area contributed by atoms with Crippen molar-refractivity contribution in [2.24, 2.45) is 0 Å². The van der Waals surface area contributed by atoms with E-state index in [1.54, 1.807) is 85.8 Å². The third-order valence-electron chi connectivity index (χ3n) is 15.6. The van der Waals surface area contributed by atoms with Crippen LogP contribution < -0.4 is 47.4 Å². The van der Waals surface area contributed by atoms with Gasteiger partial charge in [-0.05, 0) is 210 Å². The molecule has 1 atom stereocenters. The molecule has 0 aliphatic heterocycles. The Labute approximate surface area is 719 Å². The summed E-state index contributed by atoms with van der Waals surface area (Å²) in [4.78, 5) is 93.6. The maximum atomic E-state index is 12.8. The molecule has 1 unspecified atom stereocenters. The summed E-state index contributed by atoms with van der Waals surface area (Å²) < 4.78 is 152. The highest BCUT2D eigenvalue weighted by atomic mass is 19.4. The van der Waals surface area contributed by atoms with Gasteiger partial charge in [-0.1, -0.05) is 150 Å². The van der Waals surface area contributed by atoms with Gasteiger partial charge < -0.3 is 71.1 Å². The first-order valence-corrected chi connectivity index (χ1v) is 33.2. The molecule has 0 bridgehead atoms. The number of esters is 8. The number of carbonyl (C=O) groups excluding carboxylic acids is 8. The Morgan fingerprint density at radius 3 is 0.952 bits per heavy atom. The van der Waals surface area contributed by atoms with Gasteiger partial charge >= 0.3 is 60.1 Å². The molecule has 24 nitrogen and oxygen atoms in total. The van der Waals surface area contributed by atoms with E-state index in [0.29, 0.717) is 51.2 Å². The molecule has 0 fully saturated rings. The smallest absolute Gasteiger partial charge is 0.422 e. The van der Waals surface area contributed by atoms with Crippen LogP contribution in [0.15, 0.2) is 262 Å². The third-order valence-corrected chi connectivity index (χ3v) is 15.6. The van der Waals surface area contributed by atoms with Crippen LogP contribution in [0.1, 0.15) is 140 Å². The number of nitrogens with zero attached hydrogens (tertiary/aromatic N) is 1. The van der Waals surface area contributed by atoms with Crippen LogP contribution in [0.25, 0.3) is 22.3 Å². The van der Waals surface area contributed by atoms with Gasteiger partial charge in [0.15, 0.2) is 0 Å². The number of hydrogen-bond acceptors (Lipinski definition) is 24. The van der Waals surface area contributed by atoms with Crippen molar-refractivity contribution in [3.8, 4) is 85.8 Å². The van der Waals surface area contributed by atoms with Gasteiger partial charge in [0.25, 0.3) is 0 Å². The Bertz CT molecular complexity index is 5040. The van der Waals surface area contributed by atoms with Gasteiger partial charge in [-0.15, -0.1) is 0 Å². The summed E-state index contributed by atoms with van der Waals surface area (Å²) in [6.45, 7) is 16.5. The van der Waals surface area contributed by atoms with Crippen molar-refractivity contribution in [3.05, 3.63) is 301 Å². The Hall–Kier alpha value is -14.9. The number of rotatable bonds is 31. The first kappa shape index (κ1) is 113. The van der Waals surface area contributed by atoms with Crippen LogP contribution in [0.4, 0.5) is 26.3 Å². The standard InChI is InChI=1S/C36H30O10.C31H22F6O10.C17H13NO3.10CH4/c1-4-34(37)44-21-41-25-8-6-24(7-9-25)36(39)46-29-15-17-31-30-16-14-28(18-32(30)23(3)33(31)19-29)43-20-40-26-10-12-27(13-11-26)42-22-45-35(38)5-2;1-17-14-24(46-28(40)20-4-8-22(9-5-20)42-15-44-26(38)18(2)30(32,33)34)12-13-25(17)47-29(41)21-6-10-23(11-7-21)43-16-45-27(39)19(3)31(35,36)37;1-2-17(19)21-12-20-16-9-7-15(8-10-16)14-5-3-13(11-18)4-6-14;;;;;;;;;;/h4-19,23H,1-2,20-22H2,3H3;4-14H,2-3,15-16H2,1H3;2-10H,1,12H2;10*1H4. The second-order valence-corrected chi connectivity index (χ2v) is 23.1. The number of carbonyl (C=O) groups is 8. The number of hydrogen-bond donors (Lipinski definition) is 0. The minimum absolute atomic E-state index is 0. The fourth-order valence-electron chi connectivity index (χ4n) is 9.59. The number of fused-ring (bicyclic) bond motifs is 3. The maximum Gasteiger partial charge on any atom is 0.422 e. The molecule has 0 radical (unpaired) electrons. The average molecular weight is 1730 g/mol. The van der Waals surface area contributed by atoms with Crippen molar-refractivity contribution in [3.63, 3.8) is 0 Å². The topological polar surface area (TPSA) is 299 Å². The monoisotopic (exact) mass is 1730 g/mol. The lowest BCUT2D eigenvalue weighted by atomic mass is 9.99. The Morgan fingerprint density at radius 1 is 0.355 bits per heavy atom. The molecule has 666 valence electrons. The van der Waals surface area contributed by atoms with Gasteiger partial charge in [-0.25, -0.2) is 38.4 Å². The molecule has 0 saturated heterocycles. The predicted molar refractivity (Wildman–Crippen MR) is 460 cm³/mol. The van der Waals surface area contributed by atoms with Crippen molar-refractivity contribution in [1.29, 1.82) is 5.26 Å². The number of benzene rings is 9. The second kappa shape index (κ2) is 54.3. The second-order valence-electron chi connectivity index (χ2n) is 23.1. The summed E-state index contributed by atoms with van der Waals surface area (Å²) in [5, 5.41) is 8.77. The molecular formula is C94H105F6NO23. The molecule has 0 heterocycles. The lowest BCUT2D eigenvalue weighted by Gasteiger charge is -2.12. The van der Waals surface area contributed by atoms with Gasteiger partial charge in [-0.2, -0.15) is 31.6 Å². The van der Waals surface area contributed by atoms with Crippen LogP contribution in [0.2, 0.25) is 0 Å². The molecule has 0 saturated carbocycles. The molecule has 0 N–H and O–H groups in total. The normalized spacial score (nSPS) is 10.5. The molecular weight excluding hydrogens is 1630 g/mol. The van der Waals surface area contributed by atoms with Crippen molar-refractivity contribution in [1.82, 2.24) is 0 Å². The van der Waals surface area contributed by atoms with E-state index in [9.17, 15) is 64.7 Å². The lowest BCUT2D eigenvalue weighted by molar-refractivity contribution is -0.157. The highest BCUT2D eigenvalue weighted by molar-refractivity contribution is 5.94. The summed E-state index contributed by atoms with van der Waals surface area (Å²) in [6.07, 6.45) is -6.70. The minimum atomic E-state index is -4.94. The molecule has 0 amide bonds. The third kappa shape index (κ3) is 34.1. The van der Waals surface area contributed by atoms with Crippen molar-refractivity contribution in [2.75, 3.05) is 40.8 Å². The highest BCUT2D eigenvalue weighted by Gasteiger charge is 2.39. The largest absolute Gasteiger partial charge is 0.457 e. The summed E-state index contributed by atoms with van der Waals surface area (Å²) >= 11 is 0. The van der Waals surface area contributed by atoms with Gasteiger partial charge in [0.1, 0.15) is 68.6 Å². The number of alkyl halides is 6. The molecule has 9 aromatic carbocycles. The Morgan fingerprint density at radius 2 is 0.621 bits per heavy atom. The van der Waals surface area contributed by atoms with Gasteiger partial charge in [0.05, 0.1) is 28.3 Å². The zero-order chi connectivity index (χ0) is 82.5. The number of ether oxygens (including phenoxy) is 15. The first-order chi connectivity index (χ1) is 54.5. The lowest BCUT2D eigenvalue weighted by Crippen LogP contribution is -2.22. The zero-order valence-corrected chi connectivity index (χ0v) is 60.2.